The van der Waals surface area contributed by atoms with Crippen LogP contribution in [-0.2, 0) is 21.4 Å². The summed E-state index contributed by atoms with van der Waals surface area (Å²) in [5.41, 5.74) is 0.949. The van der Waals surface area contributed by atoms with Crippen molar-refractivity contribution in [2.45, 2.75) is 17.7 Å². The number of sulfonamides is 1. The minimum atomic E-state index is -3.54. The number of carbonyl (C=O) groups excluding carboxylic acids is 1. The van der Waals surface area contributed by atoms with Gasteiger partial charge in [-0.15, -0.1) is 16.4 Å². The molecule has 0 radical (unpaired) electrons. The maximum Gasteiger partial charge on any atom is 0.252 e. The summed E-state index contributed by atoms with van der Waals surface area (Å²) in [5.74, 6) is 0.604. The maximum atomic E-state index is 12.9. The molecule has 1 aliphatic rings. The number of thiophene rings is 1. The first-order chi connectivity index (χ1) is 13.3. The molecule has 28 heavy (non-hydrogen) atoms. The molecule has 0 spiro atoms. The molecule has 3 rings (SSSR count). The molecule has 1 saturated heterocycles. The molecule has 2 aromatic heterocycles. The largest absolute Gasteiger partial charge is 0.376 e. The van der Waals surface area contributed by atoms with Gasteiger partial charge in [0, 0.05) is 58.1 Å². The first-order valence-corrected chi connectivity index (χ1v) is 11.1. The summed E-state index contributed by atoms with van der Waals surface area (Å²) in [7, 11) is 0.335. The van der Waals surface area contributed by atoms with Gasteiger partial charge in [-0.1, -0.05) is 0 Å². The van der Waals surface area contributed by atoms with Gasteiger partial charge in [0.2, 0.25) is 5.91 Å². The zero-order valence-corrected chi connectivity index (χ0v) is 17.8. The molecule has 0 bridgehead atoms. The molecule has 0 atom stereocenters. The van der Waals surface area contributed by atoms with E-state index in [1.807, 2.05) is 30.0 Å². The van der Waals surface area contributed by atoms with Crippen LogP contribution in [0.15, 0.2) is 28.6 Å². The van der Waals surface area contributed by atoms with E-state index in [-0.39, 0.29) is 5.91 Å². The Morgan fingerprint density at radius 2 is 1.96 bits per heavy atom. The molecule has 1 N–H and O–H groups in total. The summed E-state index contributed by atoms with van der Waals surface area (Å²) < 4.78 is 27.6. The number of hydrogen-bond acceptors (Lipinski definition) is 8. The predicted octanol–water partition coefficient (Wildman–Crippen LogP) is 0.751. The third kappa shape index (κ3) is 4.59. The molecule has 0 aliphatic carbocycles. The molecule has 3 heterocycles. The Bertz CT molecular complexity index is 936. The minimum absolute atomic E-state index is 0.143. The van der Waals surface area contributed by atoms with Crippen LogP contribution in [-0.4, -0.2) is 69.1 Å². The van der Waals surface area contributed by atoms with Crippen LogP contribution in [0.4, 0.5) is 11.5 Å². The van der Waals surface area contributed by atoms with Crippen molar-refractivity contribution < 1.29 is 13.2 Å². The highest BCUT2D eigenvalue weighted by molar-refractivity contribution is 7.91. The van der Waals surface area contributed by atoms with Crippen LogP contribution in [0.3, 0.4) is 0 Å². The highest BCUT2D eigenvalue weighted by Gasteiger charge is 2.30. The van der Waals surface area contributed by atoms with Gasteiger partial charge in [0.15, 0.2) is 5.82 Å². The fourth-order valence-corrected chi connectivity index (χ4v) is 5.70. The van der Waals surface area contributed by atoms with Crippen molar-refractivity contribution in [3.63, 3.8) is 0 Å². The molecule has 1 aliphatic heterocycles. The number of anilines is 2. The Kier molecular flexibility index (Phi) is 6.16. The number of rotatable bonds is 6. The van der Waals surface area contributed by atoms with Gasteiger partial charge in [0.1, 0.15) is 4.21 Å². The molecule has 152 valence electrons. The Balaban J connectivity index is 1.65. The second-order valence-corrected chi connectivity index (χ2v) is 10.0. The Hall–Kier alpha value is -2.24. The van der Waals surface area contributed by atoms with Crippen LogP contribution in [0.5, 0.6) is 0 Å². The van der Waals surface area contributed by atoms with Gasteiger partial charge >= 0.3 is 0 Å². The van der Waals surface area contributed by atoms with Crippen LogP contribution in [0.25, 0.3) is 0 Å². The van der Waals surface area contributed by atoms with Gasteiger partial charge in [-0.25, -0.2) is 8.42 Å². The van der Waals surface area contributed by atoms with Gasteiger partial charge in [0.25, 0.3) is 10.0 Å². The number of aromatic nitrogens is 2. The lowest BCUT2D eigenvalue weighted by Crippen LogP contribution is -2.48. The lowest BCUT2D eigenvalue weighted by Gasteiger charge is -2.34. The smallest absolute Gasteiger partial charge is 0.252 e. The van der Waals surface area contributed by atoms with Crippen LogP contribution in [0.1, 0.15) is 11.8 Å². The summed E-state index contributed by atoms with van der Waals surface area (Å²) in [5, 5.41) is 10.9. The van der Waals surface area contributed by atoms with E-state index < -0.39 is 10.0 Å². The van der Waals surface area contributed by atoms with Gasteiger partial charge in [-0.05, 0) is 12.1 Å². The van der Waals surface area contributed by atoms with E-state index >= 15 is 0 Å². The van der Waals surface area contributed by atoms with Gasteiger partial charge in [-0.3, -0.25) is 4.79 Å². The molecule has 0 saturated carbocycles. The van der Waals surface area contributed by atoms with Crippen LogP contribution < -0.4 is 15.1 Å². The maximum absolute atomic E-state index is 12.9. The molecule has 11 heteroatoms. The number of piperazine rings is 1. The SMILES string of the molecule is CC(=O)NCc1ccc(S(=O)(=O)N2CCN(c3cc(N(C)C)cnn3)CC2)s1. The van der Waals surface area contributed by atoms with Crippen molar-refractivity contribution in [1.82, 2.24) is 19.8 Å². The van der Waals surface area contributed by atoms with E-state index in [1.54, 1.807) is 18.3 Å². The molecule has 0 aromatic carbocycles. The molecule has 0 unspecified atom stereocenters. The molecule has 2 aromatic rings. The number of nitrogens with one attached hydrogen (secondary N) is 1. The molecule has 1 fully saturated rings. The first kappa shape index (κ1) is 20.5. The summed E-state index contributed by atoms with van der Waals surface area (Å²) in [6.07, 6.45) is 1.69. The first-order valence-electron chi connectivity index (χ1n) is 8.85. The fraction of sp³-hybridized carbons (Fsp3) is 0.471. The monoisotopic (exact) mass is 424 g/mol. The summed E-state index contributed by atoms with van der Waals surface area (Å²) in [6.45, 7) is 3.64. The van der Waals surface area contributed by atoms with Crippen molar-refractivity contribution in [1.29, 1.82) is 0 Å². The fourth-order valence-electron chi connectivity index (χ4n) is 2.83. The molecular formula is C17H24N6O3S2. The van der Waals surface area contributed by atoms with Crippen LogP contribution >= 0.6 is 11.3 Å². The van der Waals surface area contributed by atoms with E-state index in [2.05, 4.69) is 15.5 Å². The van der Waals surface area contributed by atoms with Gasteiger partial charge in [0.05, 0.1) is 18.4 Å². The third-order valence-electron chi connectivity index (χ3n) is 4.45. The van der Waals surface area contributed by atoms with E-state index in [0.717, 1.165) is 16.4 Å². The van der Waals surface area contributed by atoms with E-state index in [4.69, 9.17) is 0 Å². The van der Waals surface area contributed by atoms with Crippen molar-refractivity contribution in [3.8, 4) is 0 Å². The van der Waals surface area contributed by atoms with E-state index in [9.17, 15) is 13.2 Å². The van der Waals surface area contributed by atoms with E-state index in [0.29, 0.717) is 36.9 Å². The minimum Gasteiger partial charge on any atom is -0.376 e. The normalized spacial score (nSPS) is 15.5. The van der Waals surface area contributed by atoms with Crippen molar-refractivity contribution in [2.75, 3.05) is 50.1 Å². The zero-order valence-electron chi connectivity index (χ0n) is 16.1. The second-order valence-electron chi connectivity index (χ2n) is 6.69. The second kappa shape index (κ2) is 8.41. The Labute approximate surface area is 169 Å². The number of carbonyl (C=O) groups is 1. The molecule has 1 amide bonds. The number of nitrogens with zero attached hydrogens (tertiary/aromatic N) is 5. The van der Waals surface area contributed by atoms with Gasteiger partial charge in [-0.2, -0.15) is 9.40 Å². The highest BCUT2D eigenvalue weighted by atomic mass is 32.2. The number of hydrogen-bond donors (Lipinski definition) is 1. The van der Waals surface area contributed by atoms with Crippen molar-refractivity contribution >= 4 is 38.8 Å². The topological polar surface area (TPSA) is 98.7 Å². The average Bonchev–Trinajstić information content (AvgIpc) is 3.16. The standard InChI is InChI=1S/C17H24N6O3S2/c1-13(24)18-12-15-4-5-17(27-15)28(25,26)23-8-6-22(7-9-23)16-10-14(21(2)3)11-19-20-16/h4-5,10-11H,6-9,12H2,1-3H3,(H,18,24). The summed E-state index contributed by atoms with van der Waals surface area (Å²) >= 11 is 1.19. The average molecular weight is 425 g/mol. The Morgan fingerprint density at radius 1 is 1.25 bits per heavy atom. The van der Waals surface area contributed by atoms with Gasteiger partial charge < -0.3 is 15.1 Å². The van der Waals surface area contributed by atoms with Crippen molar-refractivity contribution in [2.24, 2.45) is 0 Å². The lowest BCUT2D eigenvalue weighted by atomic mass is 10.3. The highest BCUT2D eigenvalue weighted by Crippen LogP contribution is 2.27. The molecular weight excluding hydrogens is 400 g/mol. The van der Waals surface area contributed by atoms with Crippen LogP contribution in [0.2, 0.25) is 0 Å². The number of amides is 1. The summed E-state index contributed by atoms with van der Waals surface area (Å²) in [4.78, 5) is 15.8. The molecule has 9 nitrogen and oxygen atoms in total. The Morgan fingerprint density at radius 3 is 2.61 bits per heavy atom. The van der Waals surface area contributed by atoms with E-state index in [1.165, 1.54) is 22.6 Å². The lowest BCUT2D eigenvalue weighted by molar-refractivity contribution is -0.119. The van der Waals surface area contributed by atoms with Crippen molar-refractivity contribution in [3.05, 3.63) is 29.3 Å². The quantitative estimate of drug-likeness (QED) is 0.731. The summed E-state index contributed by atoms with van der Waals surface area (Å²) in [6, 6.07) is 5.30. The predicted molar refractivity (Wildman–Crippen MR) is 109 cm³/mol. The third-order valence-corrected chi connectivity index (χ3v) is 7.90. The van der Waals surface area contributed by atoms with Crippen LogP contribution in [0, 0.1) is 0 Å². The zero-order chi connectivity index (χ0) is 20.3.